The van der Waals surface area contributed by atoms with Gasteiger partial charge in [-0.15, -0.1) is 10.2 Å². The number of aryl methyl sites for hydroxylation is 2. The van der Waals surface area contributed by atoms with Gasteiger partial charge in [0.25, 0.3) is 0 Å². The standard InChI is InChI=1S/C19H19BrN4OS/c1-12-7-6-8-13(2)17(12)21-16(25)11-26-19-23-22-18(24(19)3)14-9-4-5-10-15(14)20/h4-10H,11H2,1-3H3,(H,21,25). The van der Waals surface area contributed by atoms with Crippen LogP contribution in [-0.4, -0.2) is 26.4 Å². The van der Waals surface area contributed by atoms with Crippen molar-refractivity contribution in [1.82, 2.24) is 14.8 Å². The molecule has 1 amide bonds. The van der Waals surface area contributed by atoms with Gasteiger partial charge < -0.3 is 9.88 Å². The second-order valence-electron chi connectivity index (χ2n) is 5.95. The van der Waals surface area contributed by atoms with Gasteiger partial charge >= 0.3 is 0 Å². The molecule has 0 bridgehead atoms. The normalized spacial score (nSPS) is 10.8. The predicted octanol–water partition coefficient (Wildman–Crippen LogP) is 4.59. The maximum Gasteiger partial charge on any atom is 0.234 e. The van der Waals surface area contributed by atoms with Crippen LogP contribution in [0.1, 0.15) is 11.1 Å². The van der Waals surface area contributed by atoms with Crippen molar-refractivity contribution in [2.24, 2.45) is 7.05 Å². The van der Waals surface area contributed by atoms with Gasteiger partial charge in [0.15, 0.2) is 11.0 Å². The Morgan fingerprint density at radius 3 is 2.50 bits per heavy atom. The SMILES string of the molecule is Cc1cccc(C)c1NC(=O)CSc1nnc(-c2ccccc2Br)n1C. The molecule has 3 aromatic rings. The molecule has 134 valence electrons. The first-order valence-corrected chi connectivity index (χ1v) is 9.88. The number of hydrogen-bond acceptors (Lipinski definition) is 4. The quantitative estimate of drug-likeness (QED) is 0.601. The number of nitrogens with one attached hydrogen (secondary N) is 1. The molecule has 0 saturated heterocycles. The van der Waals surface area contributed by atoms with Gasteiger partial charge in [0, 0.05) is 22.8 Å². The van der Waals surface area contributed by atoms with Crippen LogP contribution in [0.5, 0.6) is 0 Å². The molecular formula is C19H19BrN4OS. The van der Waals surface area contributed by atoms with Crippen LogP contribution in [0.25, 0.3) is 11.4 Å². The van der Waals surface area contributed by atoms with Crippen molar-refractivity contribution in [1.29, 1.82) is 0 Å². The molecule has 0 radical (unpaired) electrons. The van der Waals surface area contributed by atoms with Crippen LogP contribution in [0.2, 0.25) is 0 Å². The Morgan fingerprint density at radius 1 is 1.12 bits per heavy atom. The molecule has 5 nitrogen and oxygen atoms in total. The Balaban J connectivity index is 1.69. The van der Waals surface area contributed by atoms with E-state index < -0.39 is 0 Å². The van der Waals surface area contributed by atoms with E-state index in [1.54, 1.807) is 0 Å². The van der Waals surface area contributed by atoms with Crippen molar-refractivity contribution in [3.05, 3.63) is 58.1 Å². The highest BCUT2D eigenvalue weighted by atomic mass is 79.9. The molecule has 1 aromatic heterocycles. The number of carbonyl (C=O) groups excluding carboxylic acids is 1. The topological polar surface area (TPSA) is 59.8 Å². The molecule has 3 rings (SSSR count). The molecule has 0 aliphatic rings. The molecule has 0 aliphatic heterocycles. The lowest BCUT2D eigenvalue weighted by Crippen LogP contribution is -2.16. The van der Waals surface area contributed by atoms with Crippen molar-refractivity contribution in [2.75, 3.05) is 11.1 Å². The molecule has 0 spiro atoms. The highest BCUT2D eigenvalue weighted by Crippen LogP contribution is 2.28. The number of nitrogens with zero attached hydrogens (tertiary/aromatic N) is 3. The highest BCUT2D eigenvalue weighted by Gasteiger charge is 2.15. The summed E-state index contributed by atoms with van der Waals surface area (Å²) >= 11 is 4.91. The lowest BCUT2D eigenvalue weighted by atomic mass is 10.1. The van der Waals surface area contributed by atoms with Crippen LogP contribution in [0.3, 0.4) is 0 Å². The average Bonchev–Trinajstić information content (AvgIpc) is 2.97. The number of hydrogen-bond donors (Lipinski definition) is 1. The summed E-state index contributed by atoms with van der Waals surface area (Å²) in [6, 6.07) is 13.8. The van der Waals surface area contributed by atoms with Crippen molar-refractivity contribution in [2.45, 2.75) is 19.0 Å². The second kappa shape index (κ2) is 8.05. The molecular weight excluding hydrogens is 412 g/mol. The van der Waals surface area contributed by atoms with E-state index in [2.05, 4.69) is 31.4 Å². The maximum atomic E-state index is 12.3. The average molecular weight is 431 g/mol. The van der Waals surface area contributed by atoms with Gasteiger partial charge in [-0.25, -0.2) is 0 Å². The third kappa shape index (κ3) is 3.99. The number of benzene rings is 2. The summed E-state index contributed by atoms with van der Waals surface area (Å²) in [6.07, 6.45) is 0. The molecule has 0 unspecified atom stereocenters. The van der Waals surface area contributed by atoms with E-state index in [9.17, 15) is 4.79 Å². The zero-order valence-electron chi connectivity index (χ0n) is 14.8. The summed E-state index contributed by atoms with van der Waals surface area (Å²) in [6.45, 7) is 3.98. The molecule has 0 atom stereocenters. The smallest absolute Gasteiger partial charge is 0.234 e. The molecule has 1 heterocycles. The van der Waals surface area contributed by atoms with Crippen LogP contribution in [0.15, 0.2) is 52.1 Å². The van der Waals surface area contributed by atoms with E-state index >= 15 is 0 Å². The summed E-state index contributed by atoms with van der Waals surface area (Å²) < 4.78 is 2.86. The van der Waals surface area contributed by atoms with E-state index in [0.717, 1.165) is 32.7 Å². The Bertz CT molecular complexity index is 934. The number of thioether (sulfide) groups is 1. The zero-order chi connectivity index (χ0) is 18.7. The monoisotopic (exact) mass is 430 g/mol. The molecule has 0 saturated carbocycles. The number of amides is 1. The lowest BCUT2D eigenvalue weighted by molar-refractivity contribution is -0.113. The van der Waals surface area contributed by atoms with Crippen molar-refractivity contribution in [3.8, 4) is 11.4 Å². The fourth-order valence-corrected chi connectivity index (χ4v) is 3.81. The van der Waals surface area contributed by atoms with Gasteiger partial charge in [0.2, 0.25) is 5.91 Å². The van der Waals surface area contributed by atoms with E-state index in [4.69, 9.17) is 0 Å². The number of halogens is 1. The zero-order valence-corrected chi connectivity index (χ0v) is 17.2. The van der Waals surface area contributed by atoms with Crippen molar-refractivity contribution in [3.63, 3.8) is 0 Å². The molecule has 0 fully saturated rings. The van der Waals surface area contributed by atoms with Gasteiger partial charge in [-0.1, -0.05) is 64.1 Å². The molecule has 1 N–H and O–H groups in total. The summed E-state index contributed by atoms with van der Waals surface area (Å²) in [5.41, 5.74) is 3.95. The summed E-state index contributed by atoms with van der Waals surface area (Å²) in [5, 5.41) is 12.2. The number of aromatic nitrogens is 3. The fourth-order valence-electron chi connectivity index (χ4n) is 2.63. The summed E-state index contributed by atoms with van der Waals surface area (Å²) in [4.78, 5) is 12.3. The van der Waals surface area contributed by atoms with Crippen LogP contribution in [-0.2, 0) is 11.8 Å². The summed E-state index contributed by atoms with van der Waals surface area (Å²) in [7, 11) is 1.90. The molecule has 26 heavy (non-hydrogen) atoms. The van der Waals surface area contributed by atoms with E-state index in [-0.39, 0.29) is 11.7 Å². The van der Waals surface area contributed by atoms with Crippen LogP contribution < -0.4 is 5.32 Å². The van der Waals surface area contributed by atoms with Gasteiger partial charge in [0.1, 0.15) is 0 Å². The first kappa shape index (κ1) is 18.7. The fraction of sp³-hybridized carbons (Fsp3) is 0.211. The van der Waals surface area contributed by atoms with Crippen LogP contribution in [0.4, 0.5) is 5.69 Å². The lowest BCUT2D eigenvalue weighted by Gasteiger charge is -2.11. The number of rotatable bonds is 5. The van der Waals surface area contributed by atoms with E-state index in [1.807, 2.05) is 67.9 Å². The van der Waals surface area contributed by atoms with Gasteiger partial charge in [-0.2, -0.15) is 0 Å². The van der Waals surface area contributed by atoms with Gasteiger partial charge in [-0.05, 0) is 31.0 Å². The van der Waals surface area contributed by atoms with E-state index in [0.29, 0.717) is 5.16 Å². The van der Waals surface area contributed by atoms with Crippen molar-refractivity contribution >= 4 is 39.3 Å². The highest BCUT2D eigenvalue weighted by molar-refractivity contribution is 9.10. The predicted molar refractivity (Wildman–Crippen MR) is 109 cm³/mol. The van der Waals surface area contributed by atoms with Gasteiger partial charge in [0.05, 0.1) is 5.75 Å². The molecule has 7 heteroatoms. The Labute approximate surface area is 165 Å². The number of para-hydroxylation sites is 1. The first-order chi connectivity index (χ1) is 12.5. The van der Waals surface area contributed by atoms with Crippen LogP contribution >= 0.6 is 27.7 Å². The molecule has 0 aliphatic carbocycles. The largest absolute Gasteiger partial charge is 0.325 e. The van der Waals surface area contributed by atoms with E-state index in [1.165, 1.54) is 11.8 Å². The Kier molecular flexibility index (Phi) is 5.78. The third-order valence-corrected chi connectivity index (χ3v) is 5.74. The number of carbonyl (C=O) groups is 1. The Hall–Kier alpha value is -2.12. The van der Waals surface area contributed by atoms with Crippen molar-refractivity contribution < 1.29 is 4.79 Å². The minimum absolute atomic E-state index is 0.0576. The minimum atomic E-state index is -0.0576. The summed E-state index contributed by atoms with van der Waals surface area (Å²) in [5.74, 6) is 0.975. The van der Waals surface area contributed by atoms with Gasteiger partial charge in [-0.3, -0.25) is 4.79 Å². The maximum absolute atomic E-state index is 12.3. The second-order valence-corrected chi connectivity index (χ2v) is 7.75. The minimum Gasteiger partial charge on any atom is -0.325 e. The van der Waals surface area contributed by atoms with Crippen LogP contribution in [0, 0.1) is 13.8 Å². The first-order valence-electron chi connectivity index (χ1n) is 8.10. The third-order valence-electron chi connectivity index (χ3n) is 4.03. The Morgan fingerprint density at radius 2 is 1.81 bits per heavy atom. The molecule has 2 aromatic carbocycles. The number of anilines is 1.